The summed E-state index contributed by atoms with van der Waals surface area (Å²) in [5, 5.41) is 3.88. The molecular weight excluding hydrogens is 358 g/mol. The summed E-state index contributed by atoms with van der Waals surface area (Å²) in [6.07, 6.45) is 3.37. The molecule has 3 heterocycles. The van der Waals surface area contributed by atoms with Crippen LogP contribution < -0.4 is 5.56 Å². The lowest BCUT2D eigenvalue weighted by Crippen LogP contribution is -2.19. The Balaban J connectivity index is 1.84. The predicted octanol–water partition coefficient (Wildman–Crippen LogP) is 4.26. The van der Waals surface area contributed by atoms with Crippen LogP contribution in [-0.4, -0.2) is 25.5 Å². The molecule has 0 aliphatic heterocycles. The van der Waals surface area contributed by atoms with Crippen molar-refractivity contribution in [1.29, 1.82) is 0 Å². The van der Waals surface area contributed by atoms with E-state index in [2.05, 4.69) is 27.0 Å². The monoisotopic (exact) mass is 377 g/mol. The molecule has 0 aliphatic carbocycles. The van der Waals surface area contributed by atoms with Crippen molar-refractivity contribution < 1.29 is 0 Å². The maximum atomic E-state index is 13.2. The largest absolute Gasteiger partial charge is 0.292 e. The Morgan fingerprint density at radius 1 is 1.22 bits per heavy atom. The highest BCUT2D eigenvalue weighted by molar-refractivity contribution is 7.20. The SMILES string of the molecule is CCCc1[nH]n(-c2nc3ccccc3s2)c(=O)c1C(C)=Nc1ccccn1. The third kappa shape index (κ3) is 3.33. The number of hydrogen-bond donors (Lipinski definition) is 1. The number of benzene rings is 1. The molecular formula is C20H19N5OS. The molecule has 0 spiro atoms. The zero-order valence-electron chi connectivity index (χ0n) is 15.1. The zero-order valence-corrected chi connectivity index (χ0v) is 16.0. The van der Waals surface area contributed by atoms with E-state index in [9.17, 15) is 4.79 Å². The number of aromatic nitrogens is 4. The fourth-order valence-electron chi connectivity index (χ4n) is 3.02. The van der Waals surface area contributed by atoms with Gasteiger partial charge in [-0.05, 0) is 37.6 Å². The Morgan fingerprint density at radius 3 is 2.78 bits per heavy atom. The Bertz CT molecular complexity index is 1140. The van der Waals surface area contributed by atoms with Gasteiger partial charge in [-0.2, -0.15) is 4.68 Å². The summed E-state index contributed by atoms with van der Waals surface area (Å²) in [7, 11) is 0. The molecule has 1 aromatic carbocycles. The Morgan fingerprint density at radius 2 is 2.04 bits per heavy atom. The van der Waals surface area contributed by atoms with Crippen molar-refractivity contribution in [2.75, 3.05) is 0 Å². The van der Waals surface area contributed by atoms with Crippen LogP contribution in [0.5, 0.6) is 0 Å². The number of H-pyrrole nitrogens is 1. The van der Waals surface area contributed by atoms with Gasteiger partial charge >= 0.3 is 0 Å². The highest BCUT2D eigenvalue weighted by Gasteiger charge is 2.19. The molecule has 7 heteroatoms. The van der Waals surface area contributed by atoms with Gasteiger partial charge in [0, 0.05) is 11.9 Å². The van der Waals surface area contributed by atoms with Crippen molar-refractivity contribution in [3.05, 3.63) is 70.3 Å². The number of aryl methyl sites for hydroxylation is 1. The molecule has 0 aliphatic rings. The maximum absolute atomic E-state index is 13.2. The second kappa shape index (κ2) is 7.28. The van der Waals surface area contributed by atoms with Crippen LogP contribution in [0.2, 0.25) is 0 Å². The van der Waals surface area contributed by atoms with Gasteiger partial charge in [0.05, 0.1) is 21.5 Å². The van der Waals surface area contributed by atoms with E-state index < -0.39 is 0 Å². The number of para-hydroxylation sites is 1. The lowest BCUT2D eigenvalue weighted by Gasteiger charge is -2.00. The van der Waals surface area contributed by atoms with Gasteiger partial charge in [0.2, 0.25) is 5.13 Å². The lowest BCUT2D eigenvalue weighted by atomic mass is 10.1. The van der Waals surface area contributed by atoms with Gasteiger partial charge in [0.25, 0.3) is 5.56 Å². The lowest BCUT2D eigenvalue weighted by molar-refractivity contribution is 0.790. The summed E-state index contributed by atoms with van der Waals surface area (Å²) in [6, 6.07) is 13.4. The van der Waals surface area contributed by atoms with Crippen LogP contribution in [0.4, 0.5) is 5.82 Å². The highest BCUT2D eigenvalue weighted by atomic mass is 32.1. The Labute approximate surface area is 160 Å². The minimum atomic E-state index is -0.130. The molecule has 0 atom stereocenters. The van der Waals surface area contributed by atoms with Gasteiger partial charge in [-0.15, -0.1) is 0 Å². The number of aliphatic imine (C=N–C) groups is 1. The van der Waals surface area contributed by atoms with Gasteiger partial charge in [-0.3, -0.25) is 9.89 Å². The average molecular weight is 377 g/mol. The standard InChI is InChI=1S/C20H19N5OS/c1-3-8-15-18(13(2)22-17-11-6-7-12-21-17)19(26)25(24-15)20-23-14-9-4-5-10-16(14)27-20/h4-7,9-12,24H,3,8H2,1-2H3. The predicted molar refractivity (Wildman–Crippen MR) is 110 cm³/mol. The van der Waals surface area contributed by atoms with E-state index in [0.29, 0.717) is 22.2 Å². The van der Waals surface area contributed by atoms with Crippen LogP contribution in [0.15, 0.2) is 58.4 Å². The van der Waals surface area contributed by atoms with Crippen LogP contribution in [0.3, 0.4) is 0 Å². The van der Waals surface area contributed by atoms with Crippen molar-refractivity contribution in [2.45, 2.75) is 26.7 Å². The Hall–Kier alpha value is -3.06. The number of pyridine rings is 1. The first-order chi connectivity index (χ1) is 13.2. The average Bonchev–Trinajstić information content (AvgIpc) is 3.23. The Kier molecular flexibility index (Phi) is 4.68. The minimum Gasteiger partial charge on any atom is -0.292 e. The second-order valence-electron chi connectivity index (χ2n) is 6.21. The number of rotatable bonds is 5. The molecule has 4 aromatic rings. The summed E-state index contributed by atoms with van der Waals surface area (Å²) in [5.41, 5.74) is 2.88. The molecule has 27 heavy (non-hydrogen) atoms. The first kappa shape index (κ1) is 17.4. The third-order valence-electron chi connectivity index (χ3n) is 4.23. The van der Waals surface area contributed by atoms with Gasteiger partial charge in [-0.1, -0.05) is 42.9 Å². The van der Waals surface area contributed by atoms with E-state index in [4.69, 9.17) is 0 Å². The van der Waals surface area contributed by atoms with E-state index in [1.807, 2.05) is 49.4 Å². The molecule has 0 unspecified atom stereocenters. The number of fused-ring (bicyclic) bond motifs is 1. The van der Waals surface area contributed by atoms with Crippen molar-refractivity contribution in [2.24, 2.45) is 4.99 Å². The summed E-state index contributed by atoms with van der Waals surface area (Å²) in [6.45, 7) is 3.93. The van der Waals surface area contributed by atoms with E-state index in [1.54, 1.807) is 6.20 Å². The molecule has 1 N–H and O–H groups in total. The third-order valence-corrected chi connectivity index (χ3v) is 5.25. The van der Waals surface area contributed by atoms with Crippen molar-refractivity contribution >= 4 is 33.1 Å². The first-order valence-electron chi connectivity index (χ1n) is 8.84. The fraction of sp³-hybridized carbons (Fsp3) is 0.200. The van der Waals surface area contributed by atoms with Gasteiger partial charge in [-0.25, -0.2) is 15.0 Å². The highest BCUT2D eigenvalue weighted by Crippen LogP contribution is 2.24. The van der Waals surface area contributed by atoms with Gasteiger partial charge < -0.3 is 0 Å². The minimum absolute atomic E-state index is 0.130. The van der Waals surface area contributed by atoms with Crippen LogP contribution in [0, 0.1) is 0 Å². The number of nitrogens with one attached hydrogen (secondary N) is 1. The van der Waals surface area contributed by atoms with E-state index in [1.165, 1.54) is 16.0 Å². The van der Waals surface area contributed by atoms with Crippen LogP contribution in [-0.2, 0) is 6.42 Å². The summed E-state index contributed by atoms with van der Waals surface area (Å²) in [4.78, 5) is 26.5. The maximum Gasteiger partial charge on any atom is 0.282 e. The van der Waals surface area contributed by atoms with E-state index in [-0.39, 0.29) is 5.56 Å². The fourth-order valence-corrected chi connectivity index (χ4v) is 3.95. The molecule has 0 bridgehead atoms. The quantitative estimate of drug-likeness (QED) is 0.528. The van der Waals surface area contributed by atoms with Crippen molar-refractivity contribution in [1.82, 2.24) is 19.7 Å². The zero-order chi connectivity index (χ0) is 18.8. The van der Waals surface area contributed by atoms with Crippen LogP contribution in [0.25, 0.3) is 15.3 Å². The molecule has 0 saturated carbocycles. The van der Waals surface area contributed by atoms with Crippen molar-refractivity contribution in [3.8, 4) is 5.13 Å². The van der Waals surface area contributed by atoms with Crippen LogP contribution >= 0.6 is 11.3 Å². The van der Waals surface area contributed by atoms with Gasteiger partial charge in [0.1, 0.15) is 0 Å². The number of aromatic amines is 1. The molecule has 136 valence electrons. The molecule has 0 saturated heterocycles. The molecule has 0 radical (unpaired) electrons. The van der Waals surface area contributed by atoms with E-state index in [0.717, 1.165) is 28.8 Å². The van der Waals surface area contributed by atoms with Crippen LogP contribution in [0.1, 0.15) is 31.5 Å². The van der Waals surface area contributed by atoms with E-state index >= 15 is 0 Å². The normalized spacial score (nSPS) is 12.0. The summed E-state index contributed by atoms with van der Waals surface area (Å²) in [5.74, 6) is 0.588. The molecule has 6 nitrogen and oxygen atoms in total. The van der Waals surface area contributed by atoms with Crippen molar-refractivity contribution in [3.63, 3.8) is 0 Å². The van der Waals surface area contributed by atoms with Gasteiger partial charge in [0.15, 0.2) is 5.82 Å². The molecule has 0 amide bonds. The topological polar surface area (TPSA) is 75.9 Å². The summed E-state index contributed by atoms with van der Waals surface area (Å²) >= 11 is 1.49. The molecule has 0 fully saturated rings. The number of thiazole rings is 1. The molecule has 3 aromatic heterocycles. The summed E-state index contributed by atoms with van der Waals surface area (Å²) < 4.78 is 2.58. The molecule has 4 rings (SSSR count). The smallest absolute Gasteiger partial charge is 0.282 e. The second-order valence-corrected chi connectivity index (χ2v) is 7.21. The first-order valence-corrected chi connectivity index (χ1v) is 9.65. The number of hydrogen-bond acceptors (Lipinski definition) is 5. The number of nitrogens with zero attached hydrogens (tertiary/aromatic N) is 4.